The maximum Gasteiger partial charge on any atom is 0.345 e. The number of carbonyl (C=O) groups is 2. The first-order chi connectivity index (χ1) is 16.4. The van der Waals surface area contributed by atoms with Crippen molar-refractivity contribution in [2.75, 3.05) is 13.2 Å². The van der Waals surface area contributed by atoms with E-state index in [2.05, 4.69) is 26.5 Å². The molecule has 0 bridgehead atoms. The van der Waals surface area contributed by atoms with Gasteiger partial charge in [0.15, 0.2) is 18.1 Å². The Hall–Kier alpha value is -3.07. The van der Waals surface area contributed by atoms with E-state index < -0.39 is 11.9 Å². The lowest BCUT2D eigenvalue weighted by atomic mass is 10.2. The van der Waals surface area contributed by atoms with E-state index >= 15 is 0 Å². The van der Waals surface area contributed by atoms with E-state index in [0.717, 1.165) is 0 Å². The molecule has 0 aliphatic heterocycles. The highest BCUT2D eigenvalue weighted by molar-refractivity contribution is 9.10. The van der Waals surface area contributed by atoms with Crippen molar-refractivity contribution in [3.05, 3.63) is 86.3 Å². The van der Waals surface area contributed by atoms with Crippen LogP contribution in [0.1, 0.15) is 22.8 Å². The van der Waals surface area contributed by atoms with Crippen LogP contribution < -0.4 is 19.6 Å². The lowest BCUT2D eigenvalue weighted by Crippen LogP contribution is -2.24. The van der Waals surface area contributed by atoms with E-state index in [0.29, 0.717) is 33.2 Å². The number of nitrogens with one attached hydrogen (secondary N) is 1. The normalized spacial score (nSPS) is 10.7. The number of hydrogen-bond donors (Lipinski definition) is 1. The molecule has 0 unspecified atom stereocenters. The summed E-state index contributed by atoms with van der Waals surface area (Å²) in [6.07, 6.45) is 1.43. The van der Waals surface area contributed by atoms with Crippen LogP contribution in [0, 0.1) is 0 Å². The zero-order valence-electron chi connectivity index (χ0n) is 17.9. The van der Waals surface area contributed by atoms with Gasteiger partial charge in [-0.25, -0.2) is 10.2 Å². The van der Waals surface area contributed by atoms with Crippen molar-refractivity contribution in [1.29, 1.82) is 0 Å². The van der Waals surface area contributed by atoms with Gasteiger partial charge in [-0.3, -0.25) is 4.79 Å². The van der Waals surface area contributed by atoms with Gasteiger partial charge in [0.25, 0.3) is 5.91 Å². The van der Waals surface area contributed by atoms with Crippen LogP contribution in [0.5, 0.6) is 17.2 Å². The van der Waals surface area contributed by atoms with Crippen LogP contribution in [0.2, 0.25) is 10.0 Å². The van der Waals surface area contributed by atoms with Crippen LogP contribution in [0.15, 0.2) is 70.2 Å². The first-order valence-electron chi connectivity index (χ1n) is 10.0. The number of carbonyl (C=O) groups excluding carboxylic acids is 2. The molecule has 7 nitrogen and oxygen atoms in total. The average molecular weight is 566 g/mol. The first kappa shape index (κ1) is 25.6. The Labute approximate surface area is 214 Å². The number of hydrazone groups is 1. The van der Waals surface area contributed by atoms with E-state index in [4.69, 9.17) is 37.4 Å². The van der Waals surface area contributed by atoms with Crippen LogP contribution in [0.25, 0.3) is 0 Å². The fourth-order valence-electron chi connectivity index (χ4n) is 2.69. The van der Waals surface area contributed by atoms with Gasteiger partial charge in [0, 0.05) is 5.02 Å². The molecule has 0 aliphatic carbocycles. The number of halogens is 3. The molecule has 3 aromatic rings. The van der Waals surface area contributed by atoms with Gasteiger partial charge in [-0.05, 0) is 76.9 Å². The molecule has 176 valence electrons. The lowest BCUT2D eigenvalue weighted by molar-refractivity contribution is -0.123. The lowest BCUT2D eigenvalue weighted by Gasteiger charge is -2.12. The minimum Gasteiger partial charge on any atom is -0.490 e. The van der Waals surface area contributed by atoms with Crippen molar-refractivity contribution < 1.29 is 23.8 Å². The minimum atomic E-state index is -0.604. The molecule has 0 fully saturated rings. The second-order valence-electron chi connectivity index (χ2n) is 6.67. The number of rotatable bonds is 9. The van der Waals surface area contributed by atoms with Crippen molar-refractivity contribution in [3.8, 4) is 17.2 Å². The maximum atomic E-state index is 12.5. The fourth-order valence-corrected chi connectivity index (χ4v) is 3.70. The van der Waals surface area contributed by atoms with Gasteiger partial charge in [0.1, 0.15) is 5.75 Å². The van der Waals surface area contributed by atoms with Crippen LogP contribution >= 0.6 is 39.1 Å². The van der Waals surface area contributed by atoms with Gasteiger partial charge in [0.05, 0.1) is 27.9 Å². The average Bonchev–Trinajstić information content (AvgIpc) is 2.80. The predicted octanol–water partition coefficient (Wildman–Crippen LogP) is 5.90. The summed E-state index contributed by atoms with van der Waals surface area (Å²) < 4.78 is 17.1. The van der Waals surface area contributed by atoms with Gasteiger partial charge in [-0.15, -0.1) is 0 Å². The van der Waals surface area contributed by atoms with E-state index in [1.54, 1.807) is 67.6 Å². The van der Waals surface area contributed by atoms with Crippen molar-refractivity contribution in [2.24, 2.45) is 5.10 Å². The van der Waals surface area contributed by atoms with Crippen molar-refractivity contribution in [1.82, 2.24) is 5.43 Å². The molecule has 0 heterocycles. The van der Waals surface area contributed by atoms with E-state index in [1.165, 1.54) is 6.21 Å². The molecule has 0 atom stereocenters. The number of nitrogens with zero attached hydrogens (tertiary/aromatic N) is 1. The molecule has 0 saturated carbocycles. The summed E-state index contributed by atoms with van der Waals surface area (Å²) in [6, 6.07) is 16.4. The summed E-state index contributed by atoms with van der Waals surface area (Å²) in [5.74, 6) is -0.00297. The first-order valence-corrected chi connectivity index (χ1v) is 11.6. The van der Waals surface area contributed by atoms with Crippen LogP contribution in [0.4, 0.5) is 0 Å². The molecule has 34 heavy (non-hydrogen) atoms. The summed E-state index contributed by atoms with van der Waals surface area (Å²) in [4.78, 5) is 24.5. The summed E-state index contributed by atoms with van der Waals surface area (Å²) in [7, 11) is 0. The third-order valence-corrected chi connectivity index (χ3v) is 5.40. The summed E-state index contributed by atoms with van der Waals surface area (Å²) in [6.45, 7) is 1.92. The minimum absolute atomic E-state index is 0.231. The molecule has 3 rings (SSSR count). The van der Waals surface area contributed by atoms with Crippen molar-refractivity contribution >= 4 is 57.2 Å². The van der Waals surface area contributed by atoms with Gasteiger partial charge >= 0.3 is 5.97 Å². The predicted molar refractivity (Wildman–Crippen MR) is 134 cm³/mol. The second kappa shape index (κ2) is 12.4. The van der Waals surface area contributed by atoms with Crippen LogP contribution in [-0.2, 0) is 4.79 Å². The highest BCUT2D eigenvalue weighted by Crippen LogP contribution is 2.30. The number of benzene rings is 3. The van der Waals surface area contributed by atoms with Crippen molar-refractivity contribution in [2.45, 2.75) is 6.92 Å². The molecular formula is C24H19BrCl2N2O5. The molecule has 0 radical (unpaired) electrons. The Morgan fingerprint density at radius 1 is 1.00 bits per heavy atom. The van der Waals surface area contributed by atoms with E-state index in [-0.39, 0.29) is 22.9 Å². The molecule has 1 amide bonds. The zero-order chi connectivity index (χ0) is 24.5. The highest BCUT2D eigenvalue weighted by Gasteiger charge is 2.15. The van der Waals surface area contributed by atoms with Gasteiger partial charge in [0.2, 0.25) is 0 Å². The Morgan fingerprint density at radius 3 is 2.50 bits per heavy atom. The highest BCUT2D eigenvalue weighted by atomic mass is 79.9. The molecule has 0 saturated heterocycles. The monoisotopic (exact) mass is 564 g/mol. The number of esters is 1. The maximum absolute atomic E-state index is 12.5. The van der Waals surface area contributed by atoms with Crippen LogP contribution in [-0.4, -0.2) is 31.3 Å². The van der Waals surface area contributed by atoms with Gasteiger partial charge in [-0.1, -0.05) is 35.3 Å². The second-order valence-corrected chi connectivity index (χ2v) is 8.36. The Kier molecular flexibility index (Phi) is 9.33. The van der Waals surface area contributed by atoms with E-state index in [9.17, 15) is 9.59 Å². The molecule has 0 aliphatic rings. The molecule has 10 heteroatoms. The molecule has 1 N–H and O–H groups in total. The number of amides is 1. The molecular weight excluding hydrogens is 547 g/mol. The SMILES string of the molecule is CCOc1cc(/C=N/NC(=O)COc2ccc(Cl)cc2Br)ccc1OC(=O)c1ccccc1Cl. The summed E-state index contributed by atoms with van der Waals surface area (Å²) in [5, 5.41) is 4.76. The Bertz CT molecular complexity index is 1220. The topological polar surface area (TPSA) is 86.2 Å². The third-order valence-electron chi connectivity index (χ3n) is 4.22. The number of ether oxygens (including phenoxy) is 3. The molecule has 0 aromatic heterocycles. The fraction of sp³-hybridized carbons (Fsp3) is 0.125. The van der Waals surface area contributed by atoms with Crippen LogP contribution in [0.3, 0.4) is 0 Å². The number of hydrogen-bond acceptors (Lipinski definition) is 6. The Balaban J connectivity index is 1.61. The smallest absolute Gasteiger partial charge is 0.345 e. The quantitative estimate of drug-likeness (QED) is 0.151. The zero-order valence-corrected chi connectivity index (χ0v) is 21.0. The van der Waals surface area contributed by atoms with Crippen molar-refractivity contribution in [3.63, 3.8) is 0 Å². The van der Waals surface area contributed by atoms with Gasteiger partial charge in [-0.2, -0.15) is 5.10 Å². The third kappa shape index (κ3) is 7.21. The van der Waals surface area contributed by atoms with E-state index in [1.807, 2.05) is 0 Å². The van der Waals surface area contributed by atoms with Gasteiger partial charge < -0.3 is 14.2 Å². The standard InChI is InChI=1S/C24H19BrCl2N2O5/c1-2-32-22-11-15(7-9-21(22)34-24(31)17-5-3-4-6-19(17)27)13-28-29-23(30)14-33-20-10-8-16(26)12-18(20)25/h3-13H,2,14H2,1H3,(H,29,30)/b28-13+. The molecule has 0 spiro atoms. The molecule has 3 aromatic carbocycles. The largest absolute Gasteiger partial charge is 0.490 e. The summed E-state index contributed by atoms with van der Waals surface area (Å²) >= 11 is 15.3. The Morgan fingerprint density at radius 2 is 1.76 bits per heavy atom. The summed E-state index contributed by atoms with van der Waals surface area (Å²) in [5.41, 5.74) is 3.24.